The summed E-state index contributed by atoms with van der Waals surface area (Å²) in [6.45, 7) is 3.33. The van der Waals surface area contributed by atoms with Crippen molar-refractivity contribution in [3.05, 3.63) is 34.2 Å². The van der Waals surface area contributed by atoms with E-state index in [0.29, 0.717) is 42.1 Å². The molecule has 2 aliphatic heterocycles. The van der Waals surface area contributed by atoms with Crippen LogP contribution in [0.4, 0.5) is 0 Å². The minimum atomic E-state index is -0.133. The minimum Gasteiger partial charge on any atom is -0.381 e. The van der Waals surface area contributed by atoms with Crippen molar-refractivity contribution in [2.75, 3.05) is 26.3 Å². The lowest BCUT2D eigenvalue weighted by Gasteiger charge is -2.23. The second-order valence-corrected chi connectivity index (χ2v) is 7.24. The number of aromatic amines is 1. The summed E-state index contributed by atoms with van der Waals surface area (Å²) in [5, 5.41) is 12.0. The van der Waals surface area contributed by atoms with Gasteiger partial charge in [-0.05, 0) is 38.8 Å². The summed E-state index contributed by atoms with van der Waals surface area (Å²) in [5.74, 6) is 1.63. The lowest BCUT2D eigenvalue weighted by molar-refractivity contribution is 0.0778. The first-order chi connectivity index (χ1) is 13.3. The van der Waals surface area contributed by atoms with Crippen molar-refractivity contribution < 1.29 is 9.26 Å². The average molecular weight is 370 g/mol. The monoisotopic (exact) mass is 370 g/mol. The van der Waals surface area contributed by atoms with E-state index in [2.05, 4.69) is 25.5 Å². The van der Waals surface area contributed by atoms with Crippen LogP contribution in [0.15, 0.2) is 21.6 Å². The van der Waals surface area contributed by atoms with Crippen LogP contribution in [0.5, 0.6) is 0 Å². The molecule has 3 aromatic rings. The Kier molecular flexibility index (Phi) is 4.25. The van der Waals surface area contributed by atoms with Crippen LogP contribution in [0, 0.1) is 0 Å². The zero-order valence-corrected chi connectivity index (χ0v) is 15.0. The molecule has 0 aromatic carbocycles. The second-order valence-electron chi connectivity index (χ2n) is 7.24. The quantitative estimate of drug-likeness (QED) is 0.717. The van der Waals surface area contributed by atoms with Gasteiger partial charge in [0.1, 0.15) is 5.65 Å². The van der Waals surface area contributed by atoms with Crippen LogP contribution in [-0.2, 0) is 4.74 Å². The molecule has 2 aliphatic rings. The summed E-state index contributed by atoms with van der Waals surface area (Å²) >= 11 is 0. The van der Waals surface area contributed by atoms with Gasteiger partial charge < -0.3 is 19.6 Å². The van der Waals surface area contributed by atoms with E-state index in [1.807, 2.05) is 4.52 Å². The maximum absolute atomic E-state index is 12.3. The molecule has 0 aliphatic carbocycles. The number of hydrogen-bond acceptors (Lipinski definition) is 7. The summed E-state index contributed by atoms with van der Waals surface area (Å²) < 4.78 is 12.7. The van der Waals surface area contributed by atoms with E-state index in [1.165, 1.54) is 0 Å². The predicted octanol–water partition coefficient (Wildman–Crippen LogP) is 1.43. The highest BCUT2D eigenvalue weighted by Crippen LogP contribution is 2.30. The van der Waals surface area contributed by atoms with Gasteiger partial charge in [0.2, 0.25) is 11.7 Å². The third-order valence-electron chi connectivity index (χ3n) is 5.54. The molecule has 0 saturated carbocycles. The first-order valence-electron chi connectivity index (χ1n) is 9.53. The number of aromatic nitrogens is 5. The number of piperidine rings is 1. The third kappa shape index (κ3) is 3.06. The maximum atomic E-state index is 12.3. The maximum Gasteiger partial charge on any atom is 0.251 e. The molecule has 0 amide bonds. The molecule has 27 heavy (non-hydrogen) atoms. The van der Waals surface area contributed by atoms with Crippen molar-refractivity contribution in [1.29, 1.82) is 0 Å². The fourth-order valence-corrected chi connectivity index (χ4v) is 4.04. The molecule has 142 valence electrons. The Labute approximate surface area is 155 Å². The fourth-order valence-electron chi connectivity index (χ4n) is 4.04. The average Bonchev–Trinajstić information content (AvgIpc) is 3.35. The molecule has 3 aromatic heterocycles. The number of rotatable bonds is 3. The predicted molar refractivity (Wildman–Crippen MR) is 96.7 cm³/mol. The van der Waals surface area contributed by atoms with Crippen molar-refractivity contribution in [1.82, 2.24) is 30.1 Å². The number of hydrogen-bond donors (Lipinski definition) is 2. The molecular weight excluding hydrogens is 348 g/mol. The van der Waals surface area contributed by atoms with Crippen molar-refractivity contribution in [3.63, 3.8) is 0 Å². The summed E-state index contributed by atoms with van der Waals surface area (Å²) in [5.41, 5.74) is 2.11. The first kappa shape index (κ1) is 16.6. The van der Waals surface area contributed by atoms with Crippen LogP contribution in [0.2, 0.25) is 0 Å². The molecule has 0 unspecified atom stereocenters. The Morgan fingerprint density at radius 1 is 1.11 bits per heavy atom. The van der Waals surface area contributed by atoms with Gasteiger partial charge in [-0.2, -0.15) is 10.1 Å². The van der Waals surface area contributed by atoms with Crippen LogP contribution in [0.1, 0.15) is 49.1 Å². The summed E-state index contributed by atoms with van der Waals surface area (Å²) in [7, 11) is 0. The number of ether oxygens (including phenoxy) is 1. The van der Waals surface area contributed by atoms with Crippen LogP contribution >= 0.6 is 0 Å². The van der Waals surface area contributed by atoms with Gasteiger partial charge in [-0.25, -0.2) is 4.52 Å². The minimum absolute atomic E-state index is 0.133. The standard InChI is InChI=1S/C18H22N6O3/c25-15-9-14(11-1-5-19-6-2-11)24-17(21-15)13(10-20-24)16-22-18(27-23-16)12-3-7-26-8-4-12/h9-12,19H,1-8H2,(H,21,25). The van der Waals surface area contributed by atoms with E-state index in [4.69, 9.17) is 9.26 Å². The molecule has 9 heteroatoms. The molecule has 5 rings (SSSR count). The fraction of sp³-hybridized carbons (Fsp3) is 0.556. The van der Waals surface area contributed by atoms with E-state index < -0.39 is 0 Å². The smallest absolute Gasteiger partial charge is 0.251 e. The van der Waals surface area contributed by atoms with Crippen molar-refractivity contribution in [2.24, 2.45) is 0 Å². The van der Waals surface area contributed by atoms with Gasteiger partial charge in [0.25, 0.3) is 5.56 Å². The summed E-state index contributed by atoms with van der Waals surface area (Å²) in [4.78, 5) is 19.8. The normalized spacial score (nSPS) is 19.7. The highest BCUT2D eigenvalue weighted by atomic mass is 16.5. The van der Waals surface area contributed by atoms with Crippen LogP contribution in [-0.4, -0.2) is 51.0 Å². The zero-order valence-electron chi connectivity index (χ0n) is 15.0. The number of nitrogens with zero attached hydrogens (tertiary/aromatic N) is 4. The lowest BCUT2D eigenvalue weighted by Crippen LogP contribution is -2.28. The third-order valence-corrected chi connectivity index (χ3v) is 5.54. The Hall–Kier alpha value is -2.52. The molecule has 2 N–H and O–H groups in total. The van der Waals surface area contributed by atoms with Crippen molar-refractivity contribution >= 4 is 5.65 Å². The molecule has 0 atom stereocenters. The Balaban J connectivity index is 1.53. The highest BCUT2D eigenvalue weighted by molar-refractivity contribution is 5.71. The van der Waals surface area contributed by atoms with E-state index in [0.717, 1.165) is 44.5 Å². The number of fused-ring (bicyclic) bond motifs is 1. The van der Waals surface area contributed by atoms with Gasteiger partial charge in [0.15, 0.2) is 0 Å². The van der Waals surface area contributed by atoms with Crippen molar-refractivity contribution in [3.8, 4) is 11.4 Å². The molecule has 2 saturated heterocycles. The SMILES string of the molecule is O=c1cc(C2CCNCC2)n2ncc(-c3noc(C4CCOCC4)n3)c2[nH]1. The topological polar surface area (TPSA) is 110 Å². The van der Waals surface area contributed by atoms with E-state index in [1.54, 1.807) is 12.3 Å². The van der Waals surface area contributed by atoms with Gasteiger partial charge >= 0.3 is 0 Å². The van der Waals surface area contributed by atoms with Crippen LogP contribution < -0.4 is 10.9 Å². The largest absolute Gasteiger partial charge is 0.381 e. The molecule has 5 heterocycles. The molecule has 0 radical (unpaired) electrons. The number of H-pyrrole nitrogens is 1. The molecule has 0 spiro atoms. The van der Waals surface area contributed by atoms with Gasteiger partial charge in [0, 0.05) is 31.1 Å². The number of nitrogens with one attached hydrogen (secondary N) is 2. The Bertz CT molecular complexity index is 994. The summed E-state index contributed by atoms with van der Waals surface area (Å²) in [6, 6.07) is 1.66. The Morgan fingerprint density at radius 2 is 1.93 bits per heavy atom. The summed E-state index contributed by atoms with van der Waals surface area (Å²) in [6.07, 6.45) is 5.45. The van der Waals surface area contributed by atoms with E-state index in [-0.39, 0.29) is 11.5 Å². The highest BCUT2D eigenvalue weighted by Gasteiger charge is 2.25. The van der Waals surface area contributed by atoms with Crippen molar-refractivity contribution in [2.45, 2.75) is 37.5 Å². The zero-order chi connectivity index (χ0) is 18.2. The van der Waals surface area contributed by atoms with Gasteiger partial charge in [-0.15, -0.1) is 0 Å². The van der Waals surface area contributed by atoms with E-state index >= 15 is 0 Å². The first-order valence-corrected chi connectivity index (χ1v) is 9.53. The molecule has 0 bridgehead atoms. The van der Waals surface area contributed by atoms with E-state index in [9.17, 15) is 4.79 Å². The molecular formula is C18H22N6O3. The molecule has 2 fully saturated rings. The van der Waals surface area contributed by atoms with Crippen LogP contribution in [0.3, 0.4) is 0 Å². The second kappa shape index (κ2) is 6.90. The molecule has 9 nitrogen and oxygen atoms in total. The van der Waals surface area contributed by atoms with Gasteiger partial charge in [0.05, 0.1) is 17.5 Å². The van der Waals surface area contributed by atoms with Gasteiger partial charge in [-0.1, -0.05) is 5.16 Å². The lowest BCUT2D eigenvalue weighted by atomic mass is 9.94. The van der Waals surface area contributed by atoms with Gasteiger partial charge in [-0.3, -0.25) is 4.79 Å². The van der Waals surface area contributed by atoms with Crippen LogP contribution in [0.25, 0.3) is 17.0 Å². The Morgan fingerprint density at radius 3 is 2.74 bits per heavy atom.